The van der Waals surface area contributed by atoms with E-state index in [-0.39, 0.29) is 23.6 Å². The Morgan fingerprint density at radius 1 is 1.53 bits per heavy atom. The molecule has 1 aromatic rings. The maximum absolute atomic E-state index is 13.3. The summed E-state index contributed by atoms with van der Waals surface area (Å²) >= 11 is 0. The van der Waals surface area contributed by atoms with Crippen molar-refractivity contribution in [3.8, 4) is 0 Å². The van der Waals surface area contributed by atoms with Crippen molar-refractivity contribution in [3.05, 3.63) is 17.7 Å². The SMILES string of the molecule is Nc1nc(NCC2CCC(=O)N2)c(F)cc1F. The summed E-state index contributed by atoms with van der Waals surface area (Å²) in [5, 5.41) is 5.41. The first-order valence-corrected chi connectivity index (χ1v) is 5.21. The van der Waals surface area contributed by atoms with Gasteiger partial charge in [-0.3, -0.25) is 4.79 Å². The summed E-state index contributed by atoms with van der Waals surface area (Å²) in [5.41, 5.74) is 5.23. The summed E-state index contributed by atoms with van der Waals surface area (Å²) < 4.78 is 26.1. The number of halogens is 2. The number of nitrogen functional groups attached to an aromatic ring is 1. The van der Waals surface area contributed by atoms with Gasteiger partial charge in [-0.2, -0.15) is 0 Å². The van der Waals surface area contributed by atoms with Crippen LogP contribution in [0.15, 0.2) is 6.07 Å². The minimum atomic E-state index is -0.887. The smallest absolute Gasteiger partial charge is 0.220 e. The van der Waals surface area contributed by atoms with Crippen molar-refractivity contribution in [3.63, 3.8) is 0 Å². The fourth-order valence-electron chi connectivity index (χ4n) is 1.66. The number of nitrogens with two attached hydrogens (primary N) is 1. The van der Waals surface area contributed by atoms with Gasteiger partial charge in [-0.15, -0.1) is 0 Å². The summed E-state index contributed by atoms with van der Waals surface area (Å²) in [6.45, 7) is 0.334. The predicted molar refractivity (Wildman–Crippen MR) is 58.2 cm³/mol. The average Bonchev–Trinajstić information content (AvgIpc) is 2.68. The zero-order valence-electron chi connectivity index (χ0n) is 8.96. The first kappa shape index (κ1) is 11.6. The number of carbonyl (C=O) groups excluding carboxylic acids is 1. The number of aromatic nitrogens is 1. The van der Waals surface area contributed by atoms with E-state index < -0.39 is 11.6 Å². The average molecular weight is 242 g/mol. The number of anilines is 2. The van der Waals surface area contributed by atoms with Gasteiger partial charge >= 0.3 is 0 Å². The Morgan fingerprint density at radius 2 is 2.29 bits per heavy atom. The van der Waals surface area contributed by atoms with Crippen molar-refractivity contribution in [2.24, 2.45) is 0 Å². The maximum atomic E-state index is 13.3. The van der Waals surface area contributed by atoms with E-state index >= 15 is 0 Å². The molecule has 17 heavy (non-hydrogen) atoms. The highest BCUT2D eigenvalue weighted by Gasteiger charge is 2.21. The normalized spacial score (nSPS) is 19.2. The Balaban J connectivity index is 1.99. The molecular weight excluding hydrogens is 230 g/mol. The van der Waals surface area contributed by atoms with Crippen LogP contribution in [0.2, 0.25) is 0 Å². The first-order chi connectivity index (χ1) is 8.06. The molecule has 1 unspecified atom stereocenters. The summed E-state index contributed by atoms with van der Waals surface area (Å²) in [5.74, 6) is -2.18. The van der Waals surface area contributed by atoms with E-state index in [0.717, 1.165) is 0 Å². The minimum absolute atomic E-state index is 0.0242. The van der Waals surface area contributed by atoms with E-state index in [1.165, 1.54) is 0 Å². The van der Waals surface area contributed by atoms with Crippen LogP contribution in [0.3, 0.4) is 0 Å². The second-order valence-electron chi connectivity index (χ2n) is 3.87. The lowest BCUT2D eigenvalue weighted by molar-refractivity contribution is -0.119. The number of pyridine rings is 1. The van der Waals surface area contributed by atoms with Crippen molar-refractivity contribution in [1.82, 2.24) is 10.3 Å². The second kappa shape index (κ2) is 4.52. The van der Waals surface area contributed by atoms with Crippen LogP contribution in [-0.4, -0.2) is 23.5 Å². The fourth-order valence-corrected chi connectivity index (χ4v) is 1.66. The third-order valence-electron chi connectivity index (χ3n) is 2.56. The van der Waals surface area contributed by atoms with Gasteiger partial charge < -0.3 is 16.4 Å². The molecule has 1 aromatic heterocycles. The van der Waals surface area contributed by atoms with Crippen LogP contribution in [0.5, 0.6) is 0 Å². The van der Waals surface area contributed by atoms with Crippen molar-refractivity contribution in [2.45, 2.75) is 18.9 Å². The predicted octanol–water partition coefficient (Wildman–Crippen LogP) is 0.632. The third kappa shape index (κ3) is 2.61. The van der Waals surface area contributed by atoms with Crippen LogP contribution in [-0.2, 0) is 4.79 Å². The third-order valence-corrected chi connectivity index (χ3v) is 2.56. The molecule has 1 amide bonds. The van der Waals surface area contributed by atoms with Gasteiger partial charge in [-0.25, -0.2) is 13.8 Å². The van der Waals surface area contributed by atoms with Crippen LogP contribution in [0.1, 0.15) is 12.8 Å². The summed E-state index contributed by atoms with van der Waals surface area (Å²) in [4.78, 5) is 14.5. The van der Waals surface area contributed by atoms with Gasteiger partial charge in [0.1, 0.15) is 0 Å². The zero-order chi connectivity index (χ0) is 12.4. The van der Waals surface area contributed by atoms with Gasteiger partial charge in [0.2, 0.25) is 5.91 Å². The van der Waals surface area contributed by atoms with E-state index in [9.17, 15) is 13.6 Å². The van der Waals surface area contributed by atoms with Gasteiger partial charge in [0, 0.05) is 25.1 Å². The van der Waals surface area contributed by atoms with Crippen molar-refractivity contribution in [1.29, 1.82) is 0 Å². The highest BCUT2D eigenvalue weighted by molar-refractivity contribution is 5.78. The number of hydrogen-bond acceptors (Lipinski definition) is 4. The standard InChI is InChI=1S/C10H12F2N4O/c11-6-3-7(12)10(16-9(6)13)14-4-5-1-2-8(17)15-5/h3,5H,1-2,4H2,(H,15,17)(H3,13,14,16). The molecule has 1 saturated heterocycles. The Bertz CT molecular complexity index is 452. The topological polar surface area (TPSA) is 80.0 Å². The number of carbonyl (C=O) groups is 1. The lowest BCUT2D eigenvalue weighted by Crippen LogP contribution is -2.32. The Kier molecular flexibility index (Phi) is 3.08. The maximum Gasteiger partial charge on any atom is 0.220 e. The molecule has 4 N–H and O–H groups in total. The van der Waals surface area contributed by atoms with Gasteiger partial charge in [0.25, 0.3) is 0 Å². The fraction of sp³-hybridized carbons (Fsp3) is 0.400. The number of amides is 1. The highest BCUT2D eigenvalue weighted by Crippen LogP contribution is 2.17. The molecule has 0 aromatic carbocycles. The molecule has 5 nitrogen and oxygen atoms in total. The molecule has 1 aliphatic rings. The molecule has 0 aliphatic carbocycles. The van der Waals surface area contributed by atoms with E-state index in [1.807, 2.05) is 0 Å². The number of hydrogen-bond donors (Lipinski definition) is 3. The Hall–Kier alpha value is -1.92. The van der Waals surface area contributed by atoms with Crippen molar-refractivity contribution >= 4 is 17.5 Å². The molecule has 0 radical (unpaired) electrons. The highest BCUT2D eigenvalue weighted by atomic mass is 19.1. The van der Waals surface area contributed by atoms with E-state index in [2.05, 4.69) is 15.6 Å². The molecule has 1 fully saturated rings. The molecule has 92 valence electrons. The van der Waals surface area contributed by atoms with Gasteiger partial charge in [-0.05, 0) is 6.42 Å². The lowest BCUT2D eigenvalue weighted by atomic mass is 10.2. The summed E-state index contributed by atoms with van der Waals surface area (Å²) in [7, 11) is 0. The Morgan fingerprint density at radius 3 is 2.94 bits per heavy atom. The molecule has 1 aliphatic heterocycles. The molecule has 1 atom stereocenters. The summed E-state index contributed by atoms with van der Waals surface area (Å²) in [6.07, 6.45) is 1.15. The lowest BCUT2D eigenvalue weighted by Gasteiger charge is -2.12. The van der Waals surface area contributed by atoms with Crippen LogP contribution in [0, 0.1) is 11.6 Å². The largest absolute Gasteiger partial charge is 0.381 e. The van der Waals surface area contributed by atoms with Crippen LogP contribution in [0.25, 0.3) is 0 Å². The van der Waals surface area contributed by atoms with Crippen LogP contribution in [0.4, 0.5) is 20.4 Å². The van der Waals surface area contributed by atoms with E-state index in [0.29, 0.717) is 25.5 Å². The number of nitrogens with one attached hydrogen (secondary N) is 2. The quantitative estimate of drug-likeness (QED) is 0.726. The van der Waals surface area contributed by atoms with Crippen LogP contribution < -0.4 is 16.4 Å². The molecule has 0 saturated carbocycles. The van der Waals surface area contributed by atoms with Gasteiger partial charge in [-0.1, -0.05) is 0 Å². The summed E-state index contributed by atoms with van der Waals surface area (Å²) in [6, 6.07) is 0.618. The van der Waals surface area contributed by atoms with Crippen molar-refractivity contribution < 1.29 is 13.6 Å². The monoisotopic (exact) mass is 242 g/mol. The molecule has 2 heterocycles. The molecular formula is C10H12F2N4O. The first-order valence-electron chi connectivity index (χ1n) is 5.21. The second-order valence-corrected chi connectivity index (χ2v) is 3.87. The zero-order valence-corrected chi connectivity index (χ0v) is 8.96. The van der Waals surface area contributed by atoms with Gasteiger partial charge in [0.05, 0.1) is 0 Å². The Labute approximate surface area is 96.4 Å². The van der Waals surface area contributed by atoms with Crippen LogP contribution >= 0.6 is 0 Å². The van der Waals surface area contributed by atoms with Gasteiger partial charge in [0.15, 0.2) is 23.3 Å². The molecule has 7 heteroatoms. The minimum Gasteiger partial charge on any atom is -0.381 e. The van der Waals surface area contributed by atoms with E-state index in [1.54, 1.807) is 0 Å². The molecule has 0 bridgehead atoms. The molecule has 0 spiro atoms. The number of rotatable bonds is 3. The molecule has 2 rings (SSSR count). The van der Waals surface area contributed by atoms with E-state index in [4.69, 9.17) is 5.73 Å². The van der Waals surface area contributed by atoms with Crippen molar-refractivity contribution in [2.75, 3.05) is 17.6 Å². The number of nitrogens with zero attached hydrogens (tertiary/aromatic N) is 1.